The van der Waals surface area contributed by atoms with Crippen LogP contribution in [0.3, 0.4) is 0 Å². The standard InChI is InChI=1S/C24H31N7O3/c1-15-13-31(14-16(2)27-15)23-12-25-21(11-26-23)24(32)28-22-9-18(29-30-22)6-5-17-7-19(33-3)10-20(8-17)34-4/h7-12,15-16,27H,5-6,13-14H2,1-4H3,(H2,28,29,30,32). The third-order valence-corrected chi connectivity index (χ3v) is 5.72. The Hall–Kier alpha value is -3.66. The number of aromatic nitrogens is 4. The van der Waals surface area contributed by atoms with Gasteiger partial charge in [-0.15, -0.1) is 0 Å². The van der Waals surface area contributed by atoms with E-state index < -0.39 is 0 Å². The number of rotatable bonds is 8. The van der Waals surface area contributed by atoms with Gasteiger partial charge in [-0.25, -0.2) is 9.97 Å². The van der Waals surface area contributed by atoms with Crippen molar-refractivity contribution < 1.29 is 14.3 Å². The number of hydrogen-bond donors (Lipinski definition) is 3. The van der Waals surface area contributed by atoms with Gasteiger partial charge in [0.1, 0.15) is 23.0 Å². The predicted molar refractivity (Wildman–Crippen MR) is 130 cm³/mol. The minimum absolute atomic E-state index is 0.244. The molecule has 1 aliphatic heterocycles. The first-order valence-electron chi connectivity index (χ1n) is 11.3. The van der Waals surface area contributed by atoms with Crippen LogP contribution in [-0.4, -0.2) is 65.5 Å². The number of H-pyrrole nitrogens is 1. The maximum absolute atomic E-state index is 12.6. The molecule has 0 aliphatic carbocycles. The van der Waals surface area contributed by atoms with Crippen LogP contribution < -0.4 is 25.0 Å². The number of carbonyl (C=O) groups excluding carboxylic acids is 1. The number of aryl methyl sites for hydroxylation is 2. The van der Waals surface area contributed by atoms with Crippen molar-refractivity contribution in [1.29, 1.82) is 0 Å². The number of piperazine rings is 1. The van der Waals surface area contributed by atoms with Crippen LogP contribution in [0.25, 0.3) is 0 Å². The van der Waals surface area contributed by atoms with E-state index in [0.29, 0.717) is 17.9 Å². The maximum Gasteiger partial charge on any atom is 0.277 e. The molecule has 3 aromatic rings. The largest absolute Gasteiger partial charge is 0.497 e. The van der Waals surface area contributed by atoms with Gasteiger partial charge in [0.15, 0.2) is 5.82 Å². The fourth-order valence-electron chi connectivity index (χ4n) is 4.14. The van der Waals surface area contributed by atoms with Crippen LogP contribution in [0, 0.1) is 0 Å². The number of carbonyl (C=O) groups is 1. The molecule has 3 N–H and O–H groups in total. The Balaban J connectivity index is 1.33. The first-order chi connectivity index (χ1) is 16.4. The van der Waals surface area contributed by atoms with Crippen LogP contribution in [0.4, 0.5) is 11.6 Å². The lowest BCUT2D eigenvalue weighted by Gasteiger charge is -2.36. The summed E-state index contributed by atoms with van der Waals surface area (Å²) in [5.41, 5.74) is 2.23. The normalized spacial score (nSPS) is 17.9. The molecule has 180 valence electrons. The van der Waals surface area contributed by atoms with Gasteiger partial charge in [-0.3, -0.25) is 9.89 Å². The zero-order chi connectivity index (χ0) is 24.1. The molecule has 2 unspecified atom stereocenters. The molecule has 1 amide bonds. The molecule has 10 heteroatoms. The second kappa shape index (κ2) is 10.5. The molecule has 0 spiro atoms. The van der Waals surface area contributed by atoms with Gasteiger partial charge in [-0.2, -0.15) is 5.10 Å². The summed E-state index contributed by atoms with van der Waals surface area (Å²) in [6.07, 6.45) is 4.64. The van der Waals surface area contributed by atoms with Gasteiger partial charge in [-0.1, -0.05) is 0 Å². The molecular formula is C24H31N7O3. The Bertz CT molecular complexity index is 1080. The highest BCUT2D eigenvalue weighted by molar-refractivity contribution is 6.02. The van der Waals surface area contributed by atoms with Crippen molar-refractivity contribution in [2.24, 2.45) is 0 Å². The van der Waals surface area contributed by atoms with E-state index in [1.165, 1.54) is 6.20 Å². The molecule has 1 aromatic carbocycles. The van der Waals surface area contributed by atoms with Crippen molar-refractivity contribution in [1.82, 2.24) is 25.5 Å². The Morgan fingerprint density at radius 2 is 1.74 bits per heavy atom. The summed E-state index contributed by atoms with van der Waals surface area (Å²) in [4.78, 5) is 23.6. The molecule has 0 radical (unpaired) electrons. The second-order valence-corrected chi connectivity index (χ2v) is 8.59. The lowest BCUT2D eigenvalue weighted by atomic mass is 10.1. The number of aromatic amines is 1. The summed E-state index contributed by atoms with van der Waals surface area (Å²) in [5, 5.41) is 13.4. The van der Waals surface area contributed by atoms with E-state index in [-0.39, 0.29) is 11.6 Å². The van der Waals surface area contributed by atoms with E-state index in [2.05, 4.69) is 49.5 Å². The minimum Gasteiger partial charge on any atom is -0.497 e. The van der Waals surface area contributed by atoms with Crippen LogP contribution in [0.5, 0.6) is 11.5 Å². The van der Waals surface area contributed by atoms with Crippen molar-refractivity contribution in [3.05, 3.63) is 53.6 Å². The van der Waals surface area contributed by atoms with Crippen LogP contribution >= 0.6 is 0 Å². The molecule has 1 fully saturated rings. The third-order valence-electron chi connectivity index (χ3n) is 5.72. The molecule has 0 bridgehead atoms. The number of ether oxygens (including phenoxy) is 2. The third kappa shape index (κ3) is 5.82. The van der Waals surface area contributed by atoms with Crippen molar-refractivity contribution in [3.63, 3.8) is 0 Å². The Morgan fingerprint density at radius 3 is 2.35 bits per heavy atom. The van der Waals surface area contributed by atoms with Gasteiger partial charge in [-0.05, 0) is 44.4 Å². The maximum atomic E-state index is 12.6. The number of benzene rings is 1. The molecular weight excluding hydrogens is 434 g/mol. The number of amides is 1. The lowest BCUT2D eigenvalue weighted by molar-refractivity contribution is 0.102. The molecule has 3 heterocycles. The summed E-state index contributed by atoms with van der Waals surface area (Å²) in [7, 11) is 3.26. The topological polar surface area (TPSA) is 117 Å². The molecule has 2 atom stereocenters. The van der Waals surface area contributed by atoms with Gasteiger partial charge in [0.25, 0.3) is 5.91 Å². The fourth-order valence-corrected chi connectivity index (χ4v) is 4.14. The van der Waals surface area contributed by atoms with Gasteiger partial charge in [0.2, 0.25) is 0 Å². The first-order valence-corrected chi connectivity index (χ1v) is 11.3. The van der Waals surface area contributed by atoms with Crippen molar-refractivity contribution in [3.8, 4) is 11.5 Å². The van der Waals surface area contributed by atoms with E-state index in [1.807, 2.05) is 24.3 Å². The Labute approximate surface area is 199 Å². The van der Waals surface area contributed by atoms with E-state index in [1.54, 1.807) is 20.4 Å². The quantitative estimate of drug-likeness (QED) is 0.464. The van der Waals surface area contributed by atoms with Crippen LogP contribution in [0.15, 0.2) is 36.7 Å². The lowest BCUT2D eigenvalue weighted by Crippen LogP contribution is -2.54. The minimum atomic E-state index is -0.350. The molecule has 1 aliphatic rings. The monoisotopic (exact) mass is 465 g/mol. The van der Waals surface area contributed by atoms with Crippen LogP contribution in [0.1, 0.15) is 35.6 Å². The van der Waals surface area contributed by atoms with Crippen molar-refractivity contribution in [2.45, 2.75) is 38.8 Å². The Morgan fingerprint density at radius 1 is 1.03 bits per heavy atom. The van der Waals surface area contributed by atoms with E-state index in [0.717, 1.165) is 54.5 Å². The van der Waals surface area contributed by atoms with Gasteiger partial charge >= 0.3 is 0 Å². The average Bonchev–Trinajstić information content (AvgIpc) is 3.29. The molecule has 1 saturated heterocycles. The van der Waals surface area contributed by atoms with E-state index in [4.69, 9.17) is 9.47 Å². The number of methoxy groups -OCH3 is 2. The highest BCUT2D eigenvalue weighted by atomic mass is 16.5. The van der Waals surface area contributed by atoms with Gasteiger partial charge < -0.3 is 25.0 Å². The number of hydrogen-bond acceptors (Lipinski definition) is 8. The van der Waals surface area contributed by atoms with E-state index in [9.17, 15) is 4.79 Å². The highest BCUT2D eigenvalue weighted by Gasteiger charge is 2.22. The Kier molecular flexibility index (Phi) is 7.27. The van der Waals surface area contributed by atoms with Gasteiger partial charge in [0.05, 0.1) is 26.6 Å². The summed E-state index contributed by atoms with van der Waals surface area (Å²) in [6, 6.07) is 8.35. The van der Waals surface area contributed by atoms with Gasteiger partial charge in [0, 0.05) is 43.0 Å². The zero-order valence-electron chi connectivity index (χ0n) is 20.0. The molecule has 2 aromatic heterocycles. The number of anilines is 2. The van der Waals surface area contributed by atoms with Crippen LogP contribution in [-0.2, 0) is 12.8 Å². The highest BCUT2D eigenvalue weighted by Crippen LogP contribution is 2.23. The zero-order valence-corrected chi connectivity index (χ0v) is 20.0. The van der Waals surface area contributed by atoms with E-state index >= 15 is 0 Å². The smallest absolute Gasteiger partial charge is 0.277 e. The van der Waals surface area contributed by atoms with Crippen molar-refractivity contribution >= 4 is 17.5 Å². The number of nitrogens with one attached hydrogen (secondary N) is 3. The molecule has 10 nitrogen and oxygen atoms in total. The number of nitrogens with zero attached hydrogens (tertiary/aromatic N) is 4. The summed E-state index contributed by atoms with van der Waals surface area (Å²) < 4.78 is 10.7. The molecule has 0 saturated carbocycles. The second-order valence-electron chi connectivity index (χ2n) is 8.59. The summed E-state index contributed by atoms with van der Waals surface area (Å²) in [6.45, 7) is 5.99. The summed E-state index contributed by atoms with van der Waals surface area (Å²) in [5.74, 6) is 2.36. The van der Waals surface area contributed by atoms with Crippen molar-refractivity contribution in [2.75, 3.05) is 37.5 Å². The SMILES string of the molecule is COc1cc(CCc2cc(NC(=O)c3cnc(N4CC(C)NC(C)C4)cn3)n[nH]2)cc(OC)c1. The first kappa shape index (κ1) is 23.5. The molecule has 34 heavy (non-hydrogen) atoms. The molecule has 4 rings (SSSR count). The fraction of sp³-hybridized carbons (Fsp3) is 0.417. The summed E-state index contributed by atoms with van der Waals surface area (Å²) >= 11 is 0. The average molecular weight is 466 g/mol. The predicted octanol–water partition coefficient (Wildman–Crippen LogP) is 2.44. The van der Waals surface area contributed by atoms with Crippen LogP contribution in [0.2, 0.25) is 0 Å².